The zero-order valence-electron chi connectivity index (χ0n) is 14.2. The lowest BCUT2D eigenvalue weighted by atomic mass is 10.2. The summed E-state index contributed by atoms with van der Waals surface area (Å²) >= 11 is 1.45. The van der Waals surface area contributed by atoms with Crippen LogP contribution in [-0.2, 0) is 12.3 Å². The van der Waals surface area contributed by atoms with Crippen LogP contribution < -0.4 is 0 Å². The van der Waals surface area contributed by atoms with Gasteiger partial charge in [-0.15, -0.1) is 16.8 Å². The number of hydrogen-bond donors (Lipinski definition) is 0. The Morgan fingerprint density at radius 1 is 1.15 bits per heavy atom. The number of furan rings is 1. The summed E-state index contributed by atoms with van der Waals surface area (Å²) < 4.78 is 26.1. The maximum atomic E-state index is 13.0. The van der Waals surface area contributed by atoms with Crippen molar-refractivity contribution in [2.45, 2.75) is 17.5 Å². The van der Waals surface area contributed by atoms with Crippen molar-refractivity contribution in [1.82, 2.24) is 19.7 Å². The summed E-state index contributed by atoms with van der Waals surface area (Å²) in [5.74, 6) is 2.62. The average molecular weight is 382 g/mol. The smallest absolute Gasteiger partial charge is 0.205 e. The first kappa shape index (κ1) is 17.3. The van der Waals surface area contributed by atoms with Crippen molar-refractivity contribution in [3.8, 4) is 22.9 Å². The third-order valence-corrected chi connectivity index (χ3v) is 4.73. The fraction of sp³-hybridized carbons (Fsp3) is 0.105. The van der Waals surface area contributed by atoms with Gasteiger partial charge in [0.05, 0.1) is 18.2 Å². The maximum absolute atomic E-state index is 13.0. The largest absolute Gasteiger partial charge is 0.461 e. The highest BCUT2D eigenvalue weighted by molar-refractivity contribution is 7.98. The SMILES string of the molecule is C=CCn1c(SCc2ncc(-c3ccc(F)cc3)o2)nnc1-c1ccco1. The second-order valence-electron chi connectivity index (χ2n) is 5.60. The Morgan fingerprint density at radius 3 is 2.74 bits per heavy atom. The summed E-state index contributed by atoms with van der Waals surface area (Å²) in [6.45, 7) is 4.34. The van der Waals surface area contributed by atoms with Crippen LogP contribution in [0.15, 0.2) is 75.5 Å². The molecule has 0 aliphatic rings. The van der Waals surface area contributed by atoms with Gasteiger partial charge in [0.25, 0.3) is 0 Å². The molecule has 0 fully saturated rings. The van der Waals surface area contributed by atoms with E-state index in [1.165, 1.54) is 23.9 Å². The van der Waals surface area contributed by atoms with Gasteiger partial charge in [0.2, 0.25) is 11.7 Å². The Kier molecular flexibility index (Phi) is 4.88. The van der Waals surface area contributed by atoms with Crippen LogP contribution in [0.4, 0.5) is 4.39 Å². The van der Waals surface area contributed by atoms with Gasteiger partial charge in [-0.3, -0.25) is 4.57 Å². The number of rotatable bonds is 7. The number of oxazole rings is 1. The van der Waals surface area contributed by atoms with Crippen molar-refractivity contribution in [1.29, 1.82) is 0 Å². The van der Waals surface area contributed by atoms with Crippen molar-refractivity contribution >= 4 is 11.8 Å². The first-order valence-electron chi connectivity index (χ1n) is 8.16. The van der Waals surface area contributed by atoms with E-state index in [0.717, 1.165) is 5.56 Å². The van der Waals surface area contributed by atoms with Crippen molar-refractivity contribution in [3.05, 3.63) is 73.2 Å². The Labute approximate surface area is 158 Å². The van der Waals surface area contributed by atoms with E-state index in [1.807, 2.05) is 10.6 Å². The van der Waals surface area contributed by atoms with E-state index in [9.17, 15) is 4.39 Å². The lowest BCUT2D eigenvalue weighted by Crippen LogP contribution is -2.00. The van der Waals surface area contributed by atoms with E-state index in [4.69, 9.17) is 8.83 Å². The Balaban J connectivity index is 1.51. The monoisotopic (exact) mass is 382 g/mol. The molecule has 8 heteroatoms. The number of benzene rings is 1. The predicted octanol–water partition coefficient (Wildman–Crippen LogP) is 4.81. The molecule has 0 spiro atoms. The molecule has 0 amide bonds. The fourth-order valence-electron chi connectivity index (χ4n) is 2.53. The molecule has 0 N–H and O–H groups in total. The molecule has 0 aliphatic heterocycles. The molecule has 4 aromatic rings. The summed E-state index contributed by atoms with van der Waals surface area (Å²) in [5, 5.41) is 9.16. The number of allylic oxidation sites excluding steroid dienone is 1. The minimum atomic E-state index is -0.289. The maximum Gasteiger partial charge on any atom is 0.205 e. The van der Waals surface area contributed by atoms with Crippen LogP contribution in [-0.4, -0.2) is 19.7 Å². The van der Waals surface area contributed by atoms with Gasteiger partial charge in [-0.25, -0.2) is 9.37 Å². The zero-order valence-corrected chi connectivity index (χ0v) is 15.0. The second-order valence-corrected chi connectivity index (χ2v) is 6.54. The van der Waals surface area contributed by atoms with Gasteiger partial charge in [-0.1, -0.05) is 17.8 Å². The van der Waals surface area contributed by atoms with Crippen LogP contribution in [0.5, 0.6) is 0 Å². The summed E-state index contributed by atoms with van der Waals surface area (Å²) in [6.07, 6.45) is 5.00. The predicted molar refractivity (Wildman–Crippen MR) is 99.4 cm³/mol. The number of aromatic nitrogens is 4. The number of hydrogen-bond acceptors (Lipinski definition) is 6. The zero-order chi connectivity index (χ0) is 18.6. The molecule has 4 rings (SSSR count). The molecule has 0 aliphatic carbocycles. The topological polar surface area (TPSA) is 69.9 Å². The normalized spacial score (nSPS) is 11.0. The van der Waals surface area contributed by atoms with E-state index in [2.05, 4.69) is 21.8 Å². The molecule has 27 heavy (non-hydrogen) atoms. The minimum absolute atomic E-state index is 0.289. The molecular formula is C19H15FN4O2S. The lowest BCUT2D eigenvalue weighted by Gasteiger charge is -2.05. The third-order valence-electron chi connectivity index (χ3n) is 3.78. The lowest BCUT2D eigenvalue weighted by molar-refractivity contribution is 0.529. The molecule has 0 bridgehead atoms. The Morgan fingerprint density at radius 2 is 2.00 bits per heavy atom. The van der Waals surface area contributed by atoms with Crippen LogP contribution in [0.25, 0.3) is 22.9 Å². The van der Waals surface area contributed by atoms with Crippen LogP contribution in [0, 0.1) is 5.82 Å². The molecule has 0 saturated heterocycles. The van der Waals surface area contributed by atoms with Crippen LogP contribution >= 0.6 is 11.8 Å². The van der Waals surface area contributed by atoms with E-state index in [-0.39, 0.29) is 5.82 Å². The van der Waals surface area contributed by atoms with Gasteiger partial charge >= 0.3 is 0 Å². The Bertz CT molecular complexity index is 1040. The number of halogens is 1. The van der Waals surface area contributed by atoms with Gasteiger partial charge in [0.15, 0.2) is 16.7 Å². The average Bonchev–Trinajstić information content (AvgIpc) is 3.42. The first-order valence-corrected chi connectivity index (χ1v) is 9.14. The highest BCUT2D eigenvalue weighted by Gasteiger charge is 2.16. The fourth-order valence-corrected chi connectivity index (χ4v) is 3.33. The van der Waals surface area contributed by atoms with Gasteiger partial charge in [-0.2, -0.15) is 0 Å². The standard InChI is InChI=1S/C19H15FN4O2S/c1-2-9-24-18(15-4-3-10-25-15)22-23-19(24)27-12-17-21-11-16(26-17)13-5-7-14(20)8-6-13/h2-8,10-11H,1,9,12H2. The molecule has 3 aromatic heterocycles. The second kappa shape index (κ2) is 7.63. The van der Waals surface area contributed by atoms with Crippen molar-refractivity contribution in [3.63, 3.8) is 0 Å². The van der Waals surface area contributed by atoms with Crippen LogP contribution in [0.2, 0.25) is 0 Å². The van der Waals surface area contributed by atoms with Crippen molar-refractivity contribution in [2.75, 3.05) is 0 Å². The van der Waals surface area contributed by atoms with E-state index < -0.39 is 0 Å². The first-order chi connectivity index (χ1) is 13.2. The summed E-state index contributed by atoms with van der Waals surface area (Å²) in [5.41, 5.74) is 0.773. The summed E-state index contributed by atoms with van der Waals surface area (Å²) in [6, 6.07) is 9.73. The highest BCUT2D eigenvalue weighted by atomic mass is 32.2. The van der Waals surface area contributed by atoms with Gasteiger partial charge in [-0.05, 0) is 36.4 Å². The molecule has 3 heterocycles. The van der Waals surface area contributed by atoms with Crippen LogP contribution in [0.1, 0.15) is 5.89 Å². The van der Waals surface area contributed by atoms with Gasteiger partial charge in [0.1, 0.15) is 5.82 Å². The molecule has 136 valence electrons. The molecule has 6 nitrogen and oxygen atoms in total. The molecule has 0 unspecified atom stereocenters. The van der Waals surface area contributed by atoms with E-state index >= 15 is 0 Å². The summed E-state index contributed by atoms with van der Waals surface area (Å²) in [7, 11) is 0. The number of nitrogens with zero attached hydrogens (tertiary/aromatic N) is 4. The summed E-state index contributed by atoms with van der Waals surface area (Å²) in [4.78, 5) is 4.29. The van der Waals surface area contributed by atoms with Crippen molar-refractivity contribution < 1.29 is 13.2 Å². The molecule has 1 aromatic carbocycles. The quantitative estimate of drug-likeness (QED) is 0.337. The van der Waals surface area contributed by atoms with Gasteiger partial charge < -0.3 is 8.83 Å². The van der Waals surface area contributed by atoms with Crippen LogP contribution in [0.3, 0.4) is 0 Å². The third kappa shape index (κ3) is 3.70. The molecule has 0 atom stereocenters. The minimum Gasteiger partial charge on any atom is -0.461 e. The Hall–Kier alpha value is -3.13. The van der Waals surface area contributed by atoms with Crippen molar-refractivity contribution in [2.24, 2.45) is 0 Å². The molecule has 0 radical (unpaired) electrons. The van der Waals surface area contributed by atoms with E-state index in [0.29, 0.717) is 40.7 Å². The highest BCUT2D eigenvalue weighted by Crippen LogP contribution is 2.28. The van der Waals surface area contributed by atoms with E-state index in [1.54, 1.807) is 36.7 Å². The number of thioether (sulfide) groups is 1. The molecule has 0 saturated carbocycles. The van der Waals surface area contributed by atoms with Gasteiger partial charge in [0, 0.05) is 12.1 Å². The molecular weight excluding hydrogens is 367 g/mol.